The van der Waals surface area contributed by atoms with Crippen LogP contribution in [0, 0.1) is 11.6 Å². The number of halogens is 8. The first kappa shape index (κ1) is 30.3. The fourth-order valence-electron chi connectivity index (χ4n) is 5.24. The molecule has 224 valence electrons. The number of carbonyl (C=O) groups excluding carboxylic acids is 2. The molecule has 3 aliphatic carbocycles. The minimum atomic E-state index is -4.88. The van der Waals surface area contributed by atoms with Crippen LogP contribution in [-0.2, 0) is 21.9 Å². The molecule has 15 heteroatoms. The van der Waals surface area contributed by atoms with Crippen molar-refractivity contribution < 1.29 is 59.3 Å². The molecule has 0 unspecified atom stereocenters. The van der Waals surface area contributed by atoms with Gasteiger partial charge < -0.3 is 25.2 Å². The average Bonchev–Trinajstić information content (AvgIpc) is 2.86. The summed E-state index contributed by atoms with van der Waals surface area (Å²) in [5.74, 6) is -5.02. The first-order chi connectivity index (χ1) is 19.0. The van der Waals surface area contributed by atoms with Crippen LogP contribution in [0.1, 0.15) is 43.2 Å². The Hall–Kier alpha value is -3.62. The number of aliphatic hydroxyl groups is 1. The molecule has 0 radical (unpaired) electrons. The lowest BCUT2D eigenvalue weighted by Gasteiger charge is -2.56. The monoisotopic (exact) mass is 596 g/mol. The van der Waals surface area contributed by atoms with Crippen LogP contribution in [0.25, 0.3) is 0 Å². The lowest BCUT2D eigenvalue weighted by atomic mass is 9.60. The second-order valence-corrected chi connectivity index (χ2v) is 10.1. The molecule has 0 saturated heterocycles. The highest BCUT2D eigenvalue weighted by Crippen LogP contribution is 2.47. The van der Waals surface area contributed by atoms with Crippen molar-refractivity contribution >= 4 is 11.8 Å². The second kappa shape index (κ2) is 11.0. The number of hydrogen-bond donors (Lipinski definition) is 3. The van der Waals surface area contributed by atoms with Gasteiger partial charge in [0.05, 0.1) is 22.8 Å². The van der Waals surface area contributed by atoms with Crippen molar-refractivity contribution in [2.24, 2.45) is 0 Å². The van der Waals surface area contributed by atoms with E-state index in [0.29, 0.717) is 37.1 Å². The molecule has 2 aromatic rings. The van der Waals surface area contributed by atoms with Gasteiger partial charge in [-0.1, -0.05) is 0 Å². The summed E-state index contributed by atoms with van der Waals surface area (Å²) in [6.07, 6.45) is -9.62. The molecular formula is C26H24F8N2O5. The van der Waals surface area contributed by atoms with Gasteiger partial charge in [0.1, 0.15) is 23.1 Å². The molecule has 0 aliphatic heterocycles. The molecule has 2 amide bonds. The Morgan fingerprint density at radius 3 is 1.61 bits per heavy atom. The van der Waals surface area contributed by atoms with Crippen LogP contribution < -0.4 is 20.1 Å². The summed E-state index contributed by atoms with van der Waals surface area (Å²) in [5, 5.41) is 16.3. The molecule has 41 heavy (non-hydrogen) atoms. The quantitative estimate of drug-likeness (QED) is 0.390. The lowest BCUT2D eigenvalue weighted by molar-refractivity contribution is -0.140. The summed E-state index contributed by atoms with van der Waals surface area (Å²) >= 11 is 0. The summed E-state index contributed by atoms with van der Waals surface area (Å²) in [6, 6.07) is 3.79. The Morgan fingerprint density at radius 1 is 0.780 bits per heavy atom. The van der Waals surface area contributed by atoms with Gasteiger partial charge in [-0.25, -0.2) is 8.78 Å². The van der Waals surface area contributed by atoms with E-state index in [1.54, 1.807) is 0 Å². The van der Waals surface area contributed by atoms with E-state index in [0.717, 1.165) is 12.1 Å². The zero-order valence-corrected chi connectivity index (χ0v) is 21.1. The maximum Gasteiger partial charge on any atom is 0.419 e. The zero-order chi connectivity index (χ0) is 30.2. The van der Waals surface area contributed by atoms with Gasteiger partial charge in [-0.2, -0.15) is 26.3 Å². The van der Waals surface area contributed by atoms with E-state index in [9.17, 15) is 49.8 Å². The zero-order valence-electron chi connectivity index (χ0n) is 21.1. The number of nitrogens with one attached hydrogen (secondary N) is 2. The number of fused-ring (bicyclic) bond motifs is 3. The highest BCUT2D eigenvalue weighted by molar-refractivity contribution is 5.79. The molecule has 3 fully saturated rings. The topological polar surface area (TPSA) is 96.9 Å². The van der Waals surface area contributed by atoms with Crippen LogP contribution in [0.5, 0.6) is 11.5 Å². The molecular weight excluding hydrogens is 572 g/mol. The van der Waals surface area contributed by atoms with E-state index in [2.05, 4.69) is 10.6 Å². The van der Waals surface area contributed by atoms with Gasteiger partial charge in [-0.05, 0) is 56.4 Å². The summed E-state index contributed by atoms with van der Waals surface area (Å²) < 4.78 is 114. The number of amides is 2. The van der Waals surface area contributed by atoms with Crippen molar-refractivity contribution in [3.63, 3.8) is 0 Å². The molecule has 0 heterocycles. The summed E-state index contributed by atoms with van der Waals surface area (Å²) in [5.41, 5.74) is -4.84. The van der Waals surface area contributed by atoms with Crippen molar-refractivity contribution in [3.05, 3.63) is 59.2 Å². The van der Waals surface area contributed by atoms with Gasteiger partial charge in [-0.15, -0.1) is 0 Å². The van der Waals surface area contributed by atoms with Crippen molar-refractivity contribution in [1.29, 1.82) is 0 Å². The van der Waals surface area contributed by atoms with Crippen LogP contribution >= 0.6 is 0 Å². The Morgan fingerprint density at radius 2 is 1.22 bits per heavy atom. The Kier molecular flexibility index (Phi) is 8.13. The third kappa shape index (κ3) is 6.82. The summed E-state index contributed by atoms with van der Waals surface area (Å²) in [4.78, 5) is 25.0. The van der Waals surface area contributed by atoms with Crippen LogP contribution in [-0.4, -0.2) is 47.3 Å². The molecule has 0 aromatic heterocycles. The van der Waals surface area contributed by atoms with E-state index in [1.165, 1.54) is 0 Å². The molecule has 3 N–H and O–H groups in total. The van der Waals surface area contributed by atoms with Crippen molar-refractivity contribution in [1.82, 2.24) is 10.6 Å². The predicted octanol–water partition coefficient (Wildman–Crippen LogP) is 4.51. The van der Waals surface area contributed by atoms with Crippen molar-refractivity contribution in [2.75, 3.05) is 13.2 Å². The van der Waals surface area contributed by atoms with E-state index in [4.69, 9.17) is 9.47 Å². The fourth-order valence-corrected chi connectivity index (χ4v) is 5.24. The number of benzene rings is 2. The van der Waals surface area contributed by atoms with E-state index >= 15 is 0 Å². The highest BCUT2D eigenvalue weighted by Gasteiger charge is 2.55. The number of rotatable bonds is 8. The number of ether oxygens (including phenoxy) is 2. The van der Waals surface area contributed by atoms with Gasteiger partial charge in [0.2, 0.25) is 0 Å². The highest BCUT2D eigenvalue weighted by atomic mass is 19.4. The molecule has 7 nitrogen and oxygen atoms in total. The first-order valence-corrected chi connectivity index (χ1v) is 12.3. The number of hydrogen-bond acceptors (Lipinski definition) is 5. The van der Waals surface area contributed by atoms with Crippen LogP contribution in [0.4, 0.5) is 35.1 Å². The van der Waals surface area contributed by atoms with Gasteiger partial charge >= 0.3 is 12.4 Å². The van der Waals surface area contributed by atoms with Gasteiger partial charge in [-0.3, -0.25) is 9.59 Å². The van der Waals surface area contributed by atoms with E-state index < -0.39 is 77.3 Å². The lowest BCUT2D eigenvalue weighted by Crippen LogP contribution is -2.70. The number of aliphatic hydroxyl groups excluding tert-OH is 1. The van der Waals surface area contributed by atoms with Crippen LogP contribution in [0.3, 0.4) is 0 Å². The van der Waals surface area contributed by atoms with Gasteiger partial charge in [0.15, 0.2) is 13.2 Å². The predicted molar refractivity (Wildman–Crippen MR) is 125 cm³/mol. The largest absolute Gasteiger partial charge is 0.484 e. The van der Waals surface area contributed by atoms with Crippen LogP contribution in [0.15, 0.2) is 36.4 Å². The Labute approximate surface area is 227 Å². The number of alkyl halides is 6. The SMILES string of the molecule is O=C(COc1ccc(C(F)(F)F)c(F)c1)NC12CCC(NC(=O)COc3ccc(C(F)(F)F)c(F)c3)(CC1)[C@H](O)C2. The van der Waals surface area contributed by atoms with Crippen molar-refractivity contribution in [3.8, 4) is 11.5 Å². The van der Waals surface area contributed by atoms with Gasteiger partial charge in [0.25, 0.3) is 11.8 Å². The molecule has 0 spiro atoms. The smallest absolute Gasteiger partial charge is 0.419 e. The van der Waals surface area contributed by atoms with Crippen molar-refractivity contribution in [2.45, 2.75) is 61.6 Å². The normalized spacial score (nSPS) is 24.1. The summed E-state index contributed by atoms with van der Waals surface area (Å²) in [6.45, 7) is -1.27. The molecule has 3 aliphatic rings. The third-order valence-electron chi connectivity index (χ3n) is 7.35. The first-order valence-electron chi connectivity index (χ1n) is 12.3. The van der Waals surface area contributed by atoms with E-state index in [1.807, 2.05) is 0 Å². The molecule has 1 atom stereocenters. The average molecular weight is 596 g/mol. The second-order valence-electron chi connectivity index (χ2n) is 10.1. The fraction of sp³-hybridized carbons (Fsp3) is 0.462. The maximum atomic E-state index is 13.7. The standard InChI is InChI=1S/C26H24F8N2O5/c27-18-9-14(1-3-16(18)25(29,30)31)40-12-21(38)35-23-5-7-24(8-6-23,20(37)11-23)36-22(39)13-41-15-2-4-17(19(28)10-15)26(32,33)34/h1-4,9-10,20,37H,5-8,11-13H2,(H,35,38)(H,36,39)/t20-,23?,24?/m1/s1. The Balaban J connectivity index is 1.27. The molecule has 5 rings (SSSR count). The van der Waals surface area contributed by atoms with E-state index in [-0.39, 0.29) is 30.8 Å². The summed E-state index contributed by atoms with van der Waals surface area (Å²) in [7, 11) is 0. The molecule has 2 aromatic carbocycles. The number of carbonyl (C=O) groups is 2. The van der Waals surface area contributed by atoms with Crippen LogP contribution in [0.2, 0.25) is 0 Å². The molecule has 3 saturated carbocycles. The van der Waals surface area contributed by atoms with Gasteiger partial charge in [0, 0.05) is 17.7 Å². The molecule has 2 bridgehead atoms. The maximum absolute atomic E-state index is 13.7. The third-order valence-corrected chi connectivity index (χ3v) is 7.35. The minimum absolute atomic E-state index is 0.0545. The Bertz CT molecular complexity index is 1310. The minimum Gasteiger partial charge on any atom is -0.484 e.